The van der Waals surface area contributed by atoms with Gasteiger partial charge in [0.25, 0.3) is 9.05 Å². The molecule has 1 unspecified atom stereocenters. The minimum Gasteiger partial charge on any atom is -0.378 e. The highest BCUT2D eigenvalue weighted by Crippen LogP contribution is 2.28. The predicted octanol–water partition coefficient (Wildman–Crippen LogP) is 2.29. The van der Waals surface area contributed by atoms with E-state index < -0.39 is 14.7 Å². The molecule has 1 aromatic carbocycles. The molecule has 0 radical (unpaired) electrons. The van der Waals surface area contributed by atoms with Crippen molar-refractivity contribution in [3.8, 4) is 0 Å². The van der Waals surface area contributed by atoms with Crippen molar-refractivity contribution >= 4 is 19.7 Å². The highest BCUT2D eigenvalue weighted by atomic mass is 35.7. The van der Waals surface area contributed by atoms with Crippen LogP contribution in [0.25, 0.3) is 0 Å². The molecule has 1 atom stereocenters. The summed E-state index contributed by atoms with van der Waals surface area (Å²) in [6, 6.07) is 6.04. The van der Waals surface area contributed by atoms with Crippen LogP contribution in [0.15, 0.2) is 29.2 Å². The van der Waals surface area contributed by atoms with Crippen LogP contribution in [0.3, 0.4) is 0 Å². The smallest absolute Gasteiger partial charge is 0.261 e. The van der Waals surface area contributed by atoms with Gasteiger partial charge in [0.2, 0.25) is 0 Å². The van der Waals surface area contributed by atoms with Crippen LogP contribution < -0.4 is 0 Å². The third-order valence-electron chi connectivity index (χ3n) is 2.76. The van der Waals surface area contributed by atoms with Crippen LogP contribution in [0.5, 0.6) is 0 Å². The molecule has 0 amide bonds. The number of benzene rings is 1. The summed E-state index contributed by atoms with van der Waals surface area (Å²) in [6.45, 7) is 0.467. The molecule has 0 aromatic heterocycles. The van der Waals surface area contributed by atoms with Gasteiger partial charge in [0.1, 0.15) is 5.67 Å². The van der Waals surface area contributed by atoms with Gasteiger partial charge in [-0.05, 0) is 17.7 Å². The van der Waals surface area contributed by atoms with Crippen LogP contribution in [0.4, 0.5) is 4.39 Å². The zero-order valence-corrected chi connectivity index (χ0v) is 10.6. The van der Waals surface area contributed by atoms with Gasteiger partial charge in [-0.2, -0.15) is 0 Å². The van der Waals surface area contributed by atoms with Crippen LogP contribution in [0.2, 0.25) is 0 Å². The van der Waals surface area contributed by atoms with Crippen LogP contribution >= 0.6 is 10.7 Å². The normalized spacial score (nSPS) is 25.1. The third-order valence-corrected chi connectivity index (χ3v) is 4.11. The standard InChI is InChI=1S/C11H12ClFO3S/c12-17(14,15)10-3-1-2-9(6-10)7-11(13)4-5-16-8-11/h1-3,6H,4-5,7-8H2. The Hall–Kier alpha value is -0.650. The Morgan fingerprint density at radius 2 is 2.24 bits per heavy atom. The number of ether oxygens (including phenoxy) is 1. The van der Waals surface area contributed by atoms with Crippen LogP contribution in [-0.2, 0) is 20.2 Å². The second-order valence-corrected chi connectivity index (χ2v) is 6.78. The first-order valence-electron chi connectivity index (χ1n) is 5.19. The zero-order valence-electron chi connectivity index (χ0n) is 9.03. The average molecular weight is 279 g/mol. The van der Waals surface area contributed by atoms with E-state index >= 15 is 0 Å². The van der Waals surface area contributed by atoms with Crippen molar-refractivity contribution in [1.29, 1.82) is 0 Å². The number of hydrogen-bond acceptors (Lipinski definition) is 3. The average Bonchev–Trinajstić information content (AvgIpc) is 2.64. The van der Waals surface area contributed by atoms with Gasteiger partial charge in [-0.1, -0.05) is 12.1 Å². The van der Waals surface area contributed by atoms with Crippen LogP contribution in [-0.4, -0.2) is 27.3 Å². The Morgan fingerprint density at radius 3 is 2.82 bits per heavy atom. The molecule has 1 aliphatic rings. The molecule has 0 aliphatic carbocycles. The molecule has 2 rings (SSSR count). The maximum Gasteiger partial charge on any atom is 0.261 e. The van der Waals surface area contributed by atoms with E-state index in [2.05, 4.69) is 0 Å². The van der Waals surface area contributed by atoms with Crippen molar-refractivity contribution in [2.45, 2.75) is 23.4 Å². The highest BCUT2D eigenvalue weighted by molar-refractivity contribution is 8.13. The third kappa shape index (κ3) is 3.18. The van der Waals surface area contributed by atoms with E-state index in [1.165, 1.54) is 12.1 Å². The van der Waals surface area contributed by atoms with Crippen molar-refractivity contribution in [1.82, 2.24) is 0 Å². The Bertz CT molecular complexity index is 509. The van der Waals surface area contributed by atoms with E-state index in [-0.39, 0.29) is 17.9 Å². The van der Waals surface area contributed by atoms with Crippen molar-refractivity contribution in [3.63, 3.8) is 0 Å². The Kier molecular flexibility index (Phi) is 3.43. The molecule has 17 heavy (non-hydrogen) atoms. The van der Waals surface area contributed by atoms with E-state index in [0.717, 1.165) is 0 Å². The van der Waals surface area contributed by atoms with Crippen LogP contribution in [0, 0.1) is 0 Å². The maximum atomic E-state index is 14.1. The van der Waals surface area contributed by atoms with E-state index in [1.54, 1.807) is 12.1 Å². The summed E-state index contributed by atoms with van der Waals surface area (Å²) in [4.78, 5) is -0.000757. The molecule has 1 fully saturated rings. The summed E-state index contributed by atoms with van der Waals surface area (Å²) in [7, 11) is 1.48. The van der Waals surface area contributed by atoms with Gasteiger partial charge in [0.15, 0.2) is 0 Å². The minimum absolute atomic E-state index is 0.000757. The second kappa shape index (κ2) is 4.55. The molecular formula is C11H12ClFO3S. The van der Waals surface area contributed by atoms with E-state index in [4.69, 9.17) is 15.4 Å². The second-order valence-electron chi connectivity index (χ2n) is 4.22. The molecule has 3 nitrogen and oxygen atoms in total. The summed E-state index contributed by atoms with van der Waals surface area (Å²) in [5.41, 5.74) is -0.783. The molecule has 0 spiro atoms. The Labute approximate surface area is 104 Å². The number of alkyl halides is 1. The molecule has 0 bridgehead atoms. The molecular weight excluding hydrogens is 267 g/mol. The Balaban J connectivity index is 2.22. The van der Waals surface area contributed by atoms with E-state index in [9.17, 15) is 12.8 Å². The molecule has 6 heteroatoms. The van der Waals surface area contributed by atoms with Gasteiger partial charge in [-0.3, -0.25) is 0 Å². The monoisotopic (exact) mass is 278 g/mol. The lowest BCUT2D eigenvalue weighted by atomic mass is 9.96. The number of halogens is 2. The summed E-state index contributed by atoms with van der Waals surface area (Å²) >= 11 is 0. The first-order chi connectivity index (χ1) is 7.89. The molecule has 0 saturated carbocycles. The Morgan fingerprint density at radius 1 is 1.47 bits per heavy atom. The quantitative estimate of drug-likeness (QED) is 0.797. The summed E-state index contributed by atoms with van der Waals surface area (Å²) in [5.74, 6) is 0. The lowest BCUT2D eigenvalue weighted by Crippen LogP contribution is -2.25. The fourth-order valence-corrected chi connectivity index (χ4v) is 2.72. The summed E-state index contributed by atoms with van der Waals surface area (Å²) in [6.07, 6.45) is 0.484. The van der Waals surface area contributed by atoms with Gasteiger partial charge >= 0.3 is 0 Å². The van der Waals surface area contributed by atoms with Gasteiger partial charge in [0.05, 0.1) is 11.5 Å². The lowest BCUT2D eigenvalue weighted by Gasteiger charge is -2.17. The van der Waals surface area contributed by atoms with Crippen LogP contribution in [0.1, 0.15) is 12.0 Å². The zero-order chi connectivity index (χ0) is 12.5. The number of rotatable bonds is 3. The van der Waals surface area contributed by atoms with Crippen molar-refractivity contribution in [2.75, 3.05) is 13.2 Å². The molecule has 94 valence electrons. The van der Waals surface area contributed by atoms with Crippen molar-refractivity contribution < 1.29 is 17.5 Å². The molecule has 1 aromatic rings. The van der Waals surface area contributed by atoms with Gasteiger partial charge in [-0.25, -0.2) is 12.8 Å². The van der Waals surface area contributed by atoms with E-state index in [0.29, 0.717) is 18.6 Å². The largest absolute Gasteiger partial charge is 0.378 e. The SMILES string of the molecule is O=S(=O)(Cl)c1cccc(CC2(F)CCOC2)c1. The highest BCUT2D eigenvalue weighted by Gasteiger charge is 2.35. The molecule has 1 saturated heterocycles. The van der Waals surface area contributed by atoms with Crippen molar-refractivity contribution in [2.24, 2.45) is 0 Å². The van der Waals surface area contributed by atoms with Gasteiger partial charge in [-0.15, -0.1) is 0 Å². The maximum absolute atomic E-state index is 14.1. The van der Waals surface area contributed by atoms with Gasteiger partial charge in [0, 0.05) is 30.1 Å². The fourth-order valence-electron chi connectivity index (χ4n) is 1.89. The first-order valence-corrected chi connectivity index (χ1v) is 7.50. The fraction of sp³-hybridized carbons (Fsp3) is 0.455. The first kappa shape index (κ1) is 12.8. The lowest BCUT2D eigenvalue weighted by molar-refractivity contribution is 0.112. The minimum atomic E-state index is -3.76. The molecule has 0 N–H and O–H groups in total. The summed E-state index contributed by atoms with van der Waals surface area (Å²) in [5, 5.41) is 0. The summed E-state index contributed by atoms with van der Waals surface area (Å²) < 4.78 is 41.4. The molecule has 1 heterocycles. The molecule has 1 aliphatic heterocycles. The van der Waals surface area contributed by atoms with Gasteiger partial charge < -0.3 is 4.74 Å². The predicted molar refractivity (Wildman–Crippen MR) is 62.5 cm³/mol. The topological polar surface area (TPSA) is 43.4 Å². The van der Waals surface area contributed by atoms with E-state index in [1.807, 2.05) is 0 Å². The van der Waals surface area contributed by atoms with Crippen molar-refractivity contribution in [3.05, 3.63) is 29.8 Å². The number of hydrogen-bond donors (Lipinski definition) is 0.